The summed E-state index contributed by atoms with van der Waals surface area (Å²) in [6.07, 6.45) is 0. The number of nitrogens with zero attached hydrogens (tertiary/aromatic N) is 3. The van der Waals surface area contributed by atoms with Gasteiger partial charge in [0, 0.05) is 28.0 Å². The van der Waals surface area contributed by atoms with Crippen molar-refractivity contribution in [3.8, 4) is 17.3 Å². The Balaban J connectivity index is 1.67. The van der Waals surface area contributed by atoms with Gasteiger partial charge >= 0.3 is 0 Å². The van der Waals surface area contributed by atoms with E-state index in [2.05, 4.69) is 25.8 Å². The average Bonchev–Trinajstić information content (AvgIpc) is 3.22. The van der Waals surface area contributed by atoms with E-state index in [1.165, 1.54) is 6.07 Å². The highest BCUT2D eigenvalue weighted by Gasteiger charge is 2.16. The van der Waals surface area contributed by atoms with Gasteiger partial charge in [-0.3, -0.25) is 14.6 Å². The maximum atomic E-state index is 12.5. The summed E-state index contributed by atoms with van der Waals surface area (Å²) in [7, 11) is 0. The lowest BCUT2D eigenvalue weighted by molar-refractivity contribution is 0.101. The predicted octanol–water partition coefficient (Wildman–Crippen LogP) is 4.25. The van der Waals surface area contributed by atoms with Gasteiger partial charge in [-0.25, -0.2) is 4.98 Å². The van der Waals surface area contributed by atoms with E-state index in [0.29, 0.717) is 27.7 Å². The number of halogens is 1. The van der Waals surface area contributed by atoms with Crippen molar-refractivity contribution in [1.29, 1.82) is 5.26 Å². The molecule has 0 aliphatic rings. The number of benzene rings is 2. The summed E-state index contributed by atoms with van der Waals surface area (Å²) in [5.74, 6) is 0.207. The van der Waals surface area contributed by atoms with Crippen LogP contribution in [-0.4, -0.2) is 21.0 Å². The monoisotopic (exact) mass is 446 g/mol. The molecule has 0 saturated carbocycles. The van der Waals surface area contributed by atoms with Crippen LogP contribution in [0, 0.1) is 18.3 Å². The molecule has 4 aromatic rings. The number of H-pyrrole nitrogens is 1. The van der Waals surface area contributed by atoms with Crippen LogP contribution in [0.4, 0.5) is 17.3 Å². The predicted molar refractivity (Wildman–Crippen MR) is 119 cm³/mol. The highest BCUT2D eigenvalue weighted by atomic mass is 35.5. The number of hydrogen-bond donors (Lipinski definition) is 3. The van der Waals surface area contributed by atoms with Crippen LogP contribution in [0.15, 0.2) is 63.9 Å². The molecule has 0 radical (unpaired) electrons. The van der Waals surface area contributed by atoms with Gasteiger partial charge in [0.15, 0.2) is 5.69 Å². The van der Waals surface area contributed by atoms with Crippen LogP contribution < -0.4 is 16.2 Å². The normalized spacial score (nSPS) is 10.4. The van der Waals surface area contributed by atoms with Crippen molar-refractivity contribution in [3.05, 3.63) is 87.0 Å². The molecule has 2 heterocycles. The summed E-state index contributed by atoms with van der Waals surface area (Å²) < 4.78 is 4.92. The Morgan fingerprint density at radius 3 is 2.62 bits per heavy atom. The first-order chi connectivity index (χ1) is 15.4. The standard InChI is InChI=1S/C22H15ClN6O3/c1-12-9-18(29-32-12)21(31)25-16-4-2-3-13(10-16)19-17(11-24)20(30)28-22(27-19)26-15-7-5-14(23)6-8-15/h2-10H,1H3,(H,25,31)(H2,26,27,28,30). The number of carbonyl (C=O) groups is 1. The first-order valence-corrected chi connectivity index (χ1v) is 9.73. The fourth-order valence-electron chi connectivity index (χ4n) is 2.93. The molecule has 32 heavy (non-hydrogen) atoms. The van der Waals surface area contributed by atoms with Gasteiger partial charge in [-0.1, -0.05) is 28.9 Å². The number of aryl methyl sites for hydroxylation is 1. The molecule has 2 aromatic heterocycles. The third kappa shape index (κ3) is 4.50. The Kier molecular flexibility index (Phi) is 5.70. The Morgan fingerprint density at radius 2 is 1.94 bits per heavy atom. The molecule has 4 rings (SSSR count). The van der Waals surface area contributed by atoms with Crippen molar-refractivity contribution >= 4 is 34.8 Å². The molecule has 2 aromatic carbocycles. The molecule has 0 aliphatic heterocycles. The minimum absolute atomic E-state index is 0.134. The Hall–Kier alpha value is -4.42. The number of anilines is 3. The first kappa shape index (κ1) is 20.8. The minimum Gasteiger partial charge on any atom is -0.361 e. The van der Waals surface area contributed by atoms with Crippen LogP contribution in [-0.2, 0) is 0 Å². The van der Waals surface area contributed by atoms with Gasteiger partial charge in [0.2, 0.25) is 5.95 Å². The average molecular weight is 447 g/mol. The van der Waals surface area contributed by atoms with Crippen molar-refractivity contribution in [2.24, 2.45) is 0 Å². The molecule has 0 bridgehead atoms. The molecule has 1 amide bonds. The molecule has 0 spiro atoms. The molecule has 3 N–H and O–H groups in total. The SMILES string of the molecule is Cc1cc(C(=O)Nc2cccc(-c3nc(Nc4ccc(Cl)cc4)[nH]c(=O)c3C#N)c2)no1. The maximum Gasteiger partial charge on any atom is 0.277 e. The highest BCUT2D eigenvalue weighted by Crippen LogP contribution is 2.25. The van der Waals surface area contributed by atoms with Crippen molar-refractivity contribution in [3.63, 3.8) is 0 Å². The van der Waals surface area contributed by atoms with E-state index in [9.17, 15) is 14.9 Å². The van der Waals surface area contributed by atoms with Gasteiger partial charge in [0.1, 0.15) is 17.4 Å². The number of aromatic nitrogens is 3. The summed E-state index contributed by atoms with van der Waals surface area (Å²) in [4.78, 5) is 31.8. The van der Waals surface area contributed by atoms with E-state index in [-0.39, 0.29) is 22.9 Å². The van der Waals surface area contributed by atoms with E-state index in [4.69, 9.17) is 16.1 Å². The number of aromatic amines is 1. The second kappa shape index (κ2) is 8.75. The summed E-state index contributed by atoms with van der Waals surface area (Å²) in [6, 6.07) is 16.9. The number of rotatable bonds is 5. The van der Waals surface area contributed by atoms with Crippen molar-refractivity contribution in [2.45, 2.75) is 6.92 Å². The number of carbonyl (C=O) groups excluding carboxylic acids is 1. The zero-order chi connectivity index (χ0) is 22.7. The maximum absolute atomic E-state index is 12.5. The van der Waals surface area contributed by atoms with Gasteiger partial charge in [0.05, 0.1) is 5.69 Å². The fourth-order valence-corrected chi connectivity index (χ4v) is 3.05. The Morgan fingerprint density at radius 1 is 1.16 bits per heavy atom. The third-order valence-corrected chi connectivity index (χ3v) is 4.64. The molecule has 0 fully saturated rings. The van der Waals surface area contributed by atoms with E-state index in [1.807, 2.05) is 6.07 Å². The fraction of sp³-hybridized carbons (Fsp3) is 0.0455. The van der Waals surface area contributed by atoms with Crippen molar-refractivity contribution in [2.75, 3.05) is 10.6 Å². The number of nitrogens with one attached hydrogen (secondary N) is 3. The quantitative estimate of drug-likeness (QED) is 0.416. The zero-order valence-electron chi connectivity index (χ0n) is 16.6. The molecular weight excluding hydrogens is 432 g/mol. The van der Waals surface area contributed by atoms with Crippen LogP contribution in [0.5, 0.6) is 0 Å². The Labute approximate surface area is 186 Å². The molecule has 10 heteroatoms. The van der Waals surface area contributed by atoms with Crippen LogP contribution in [0.2, 0.25) is 5.02 Å². The minimum atomic E-state index is -0.596. The third-order valence-electron chi connectivity index (χ3n) is 4.39. The molecular formula is C22H15ClN6O3. The van der Waals surface area contributed by atoms with Crippen molar-refractivity contribution in [1.82, 2.24) is 15.1 Å². The van der Waals surface area contributed by atoms with E-state index < -0.39 is 11.5 Å². The van der Waals surface area contributed by atoms with Gasteiger partial charge < -0.3 is 15.2 Å². The second-order valence-electron chi connectivity index (χ2n) is 6.74. The van der Waals surface area contributed by atoms with Gasteiger partial charge in [0.25, 0.3) is 11.5 Å². The number of hydrogen-bond acceptors (Lipinski definition) is 7. The van der Waals surface area contributed by atoms with Crippen LogP contribution in [0.1, 0.15) is 21.8 Å². The topological polar surface area (TPSA) is 137 Å². The smallest absolute Gasteiger partial charge is 0.277 e. The lowest BCUT2D eigenvalue weighted by Crippen LogP contribution is -2.16. The lowest BCUT2D eigenvalue weighted by Gasteiger charge is -2.10. The van der Waals surface area contributed by atoms with E-state index in [1.54, 1.807) is 55.5 Å². The van der Waals surface area contributed by atoms with Gasteiger partial charge in [-0.15, -0.1) is 0 Å². The molecule has 0 unspecified atom stereocenters. The largest absolute Gasteiger partial charge is 0.361 e. The van der Waals surface area contributed by atoms with Crippen LogP contribution in [0.3, 0.4) is 0 Å². The highest BCUT2D eigenvalue weighted by molar-refractivity contribution is 6.30. The van der Waals surface area contributed by atoms with E-state index in [0.717, 1.165) is 0 Å². The number of amides is 1. The lowest BCUT2D eigenvalue weighted by atomic mass is 10.1. The number of nitriles is 1. The molecule has 158 valence electrons. The van der Waals surface area contributed by atoms with Gasteiger partial charge in [-0.2, -0.15) is 5.26 Å². The molecule has 0 atom stereocenters. The molecule has 0 aliphatic carbocycles. The van der Waals surface area contributed by atoms with Gasteiger partial charge in [-0.05, 0) is 43.3 Å². The molecule has 9 nitrogen and oxygen atoms in total. The summed E-state index contributed by atoms with van der Waals surface area (Å²) in [5.41, 5.74) is 1.11. The summed E-state index contributed by atoms with van der Waals surface area (Å²) in [5, 5.41) is 19.4. The Bertz CT molecular complexity index is 1400. The summed E-state index contributed by atoms with van der Waals surface area (Å²) >= 11 is 5.90. The first-order valence-electron chi connectivity index (χ1n) is 9.35. The van der Waals surface area contributed by atoms with Crippen LogP contribution >= 0.6 is 11.6 Å². The second-order valence-corrected chi connectivity index (χ2v) is 7.18. The molecule has 0 saturated heterocycles. The zero-order valence-corrected chi connectivity index (χ0v) is 17.4. The van der Waals surface area contributed by atoms with E-state index >= 15 is 0 Å². The summed E-state index contributed by atoms with van der Waals surface area (Å²) in [6.45, 7) is 1.68. The van der Waals surface area contributed by atoms with Crippen LogP contribution in [0.25, 0.3) is 11.3 Å². The van der Waals surface area contributed by atoms with Crippen molar-refractivity contribution < 1.29 is 9.32 Å².